The van der Waals surface area contributed by atoms with Crippen LogP contribution in [0.15, 0.2) is 54.6 Å². The number of hydrogen-bond donors (Lipinski definition) is 1. The third kappa shape index (κ3) is 7.03. The van der Waals surface area contributed by atoms with Gasteiger partial charge < -0.3 is 10.2 Å². The molecule has 0 saturated heterocycles. The van der Waals surface area contributed by atoms with Gasteiger partial charge in [-0.2, -0.15) is 5.10 Å². The maximum absolute atomic E-state index is 13.3. The van der Waals surface area contributed by atoms with Crippen molar-refractivity contribution in [2.45, 2.75) is 59.3 Å². The fourth-order valence-electron chi connectivity index (χ4n) is 3.92. The zero-order valence-corrected chi connectivity index (χ0v) is 22.2. The van der Waals surface area contributed by atoms with E-state index in [2.05, 4.69) is 33.0 Å². The predicted octanol–water partition coefficient (Wildman–Crippen LogP) is 5.66. The highest BCUT2D eigenvalue weighted by Gasteiger charge is 2.24. The highest BCUT2D eigenvalue weighted by Crippen LogP contribution is 2.27. The summed E-state index contributed by atoms with van der Waals surface area (Å²) < 4.78 is 1.72. The first kappa shape index (κ1) is 27.6. The molecule has 0 radical (unpaired) electrons. The van der Waals surface area contributed by atoms with Crippen LogP contribution >= 0.6 is 0 Å². The fraction of sp³-hybridized carbons (Fsp3) is 0.393. The van der Waals surface area contributed by atoms with Crippen molar-refractivity contribution in [1.82, 2.24) is 14.7 Å². The summed E-state index contributed by atoms with van der Waals surface area (Å²) in [4.78, 5) is 38.6. The lowest BCUT2D eigenvalue weighted by molar-refractivity contribution is -0.384. The minimum absolute atomic E-state index is 0.166. The van der Waals surface area contributed by atoms with Crippen molar-refractivity contribution >= 4 is 23.3 Å². The van der Waals surface area contributed by atoms with E-state index in [0.717, 1.165) is 36.2 Å². The van der Waals surface area contributed by atoms with E-state index in [9.17, 15) is 19.7 Å². The molecule has 1 heterocycles. The summed E-state index contributed by atoms with van der Waals surface area (Å²) in [6, 6.07) is 15.2. The summed E-state index contributed by atoms with van der Waals surface area (Å²) in [6.07, 6.45) is 2.57. The molecule has 9 nitrogen and oxygen atoms in total. The second kappa shape index (κ2) is 11.8. The molecular formula is C28H35N5O4. The SMILES string of the molecule is CCCCCN(CC(=O)Nc1cc(C(C)(C)C)nn1-c1ccccc1C)C(=O)c1cccc([N+](=O)[O-])c1. The van der Waals surface area contributed by atoms with Gasteiger partial charge in [-0.3, -0.25) is 19.7 Å². The number of unbranched alkanes of at least 4 members (excludes halogenated alkanes) is 2. The van der Waals surface area contributed by atoms with Crippen molar-refractivity contribution in [3.05, 3.63) is 81.5 Å². The average molecular weight is 506 g/mol. The number of benzene rings is 2. The van der Waals surface area contributed by atoms with Gasteiger partial charge in [0, 0.05) is 35.7 Å². The molecule has 1 N–H and O–H groups in total. The molecule has 2 amide bonds. The van der Waals surface area contributed by atoms with E-state index in [1.165, 1.54) is 29.2 Å². The number of carbonyl (C=O) groups is 2. The minimum atomic E-state index is -0.537. The molecule has 0 aliphatic rings. The number of amides is 2. The van der Waals surface area contributed by atoms with Crippen molar-refractivity contribution in [2.24, 2.45) is 0 Å². The topological polar surface area (TPSA) is 110 Å². The summed E-state index contributed by atoms with van der Waals surface area (Å²) in [6.45, 7) is 10.4. The number of anilines is 1. The average Bonchev–Trinajstić information content (AvgIpc) is 3.27. The van der Waals surface area contributed by atoms with Crippen LogP contribution in [-0.4, -0.2) is 44.5 Å². The van der Waals surface area contributed by atoms with Crippen molar-refractivity contribution in [3.63, 3.8) is 0 Å². The van der Waals surface area contributed by atoms with Crippen LogP contribution < -0.4 is 5.32 Å². The fourth-order valence-corrected chi connectivity index (χ4v) is 3.92. The second-order valence-electron chi connectivity index (χ2n) is 10.2. The molecule has 196 valence electrons. The summed E-state index contributed by atoms with van der Waals surface area (Å²) in [5.74, 6) is -0.274. The lowest BCUT2D eigenvalue weighted by Gasteiger charge is -2.22. The Labute approximate surface area is 217 Å². The normalized spacial score (nSPS) is 11.3. The van der Waals surface area contributed by atoms with Crippen LogP contribution in [0.5, 0.6) is 0 Å². The van der Waals surface area contributed by atoms with Gasteiger partial charge in [0.2, 0.25) is 5.91 Å². The van der Waals surface area contributed by atoms with Crippen molar-refractivity contribution < 1.29 is 14.5 Å². The van der Waals surface area contributed by atoms with Gasteiger partial charge in [0.05, 0.1) is 16.3 Å². The first-order valence-corrected chi connectivity index (χ1v) is 12.5. The standard InChI is InChI=1S/C28H35N5O4/c1-6-7-10-16-31(27(35)21-13-11-14-22(17-21)33(36)37)19-26(34)29-25-18-24(28(3,4)5)30-32(25)23-15-9-8-12-20(23)2/h8-9,11-15,17-18H,6-7,10,16,19H2,1-5H3,(H,29,34). The molecule has 0 saturated carbocycles. The van der Waals surface area contributed by atoms with E-state index in [4.69, 9.17) is 5.10 Å². The molecule has 0 unspecified atom stereocenters. The molecule has 0 aliphatic heterocycles. The second-order valence-corrected chi connectivity index (χ2v) is 10.2. The number of nitrogens with one attached hydrogen (secondary N) is 1. The molecular weight excluding hydrogens is 470 g/mol. The molecule has 9 heteroatoms. The zero-order chi connectivity index (χ0) is 27.2. The number of carbonyl (C=O) groups excluding carboxylic acids is 2. The van der Waals surface area contributed by atoms with Crippen molar-refractivity contribution in [1.29, 1.82) is 0 Å². The van der Waals surface area contributed by atoms with Gasteiger partial charge in [0.1, 0.15) is 12.4 Å². The first-order chi connectivity index (χ1) is 17.5. The monoisotopic (exact) mass is 505 g/mol. The molecule has 3 aromatic rings. The number of hydrogen-bond acceptors (Lipinski definition) is 5. The lowest BCUT2D eigenvalue weighted by atomic mass is 9.92. The maximum Gasteiger partial charge on any atom is 0.270 e. The minimum Gasteiger partial charge on any atom is -0.329 e. The first-order valence-electron chi connectivity index (χ1n) is 12.5. The Morgan fingerprint density at radius 1 is 1.08 bits per heavy atom. The Morgan fingerprint density at radius 2 is 1.81 bits per heavy atom. The van der Waals surface area contributed by atoms with Crippen LogP contribution in [0.4, 0.5) is 11.5 Å². The van der Waals surface area contributed by atoms with Gasteiger partial charge in [-0.05, 0) is 31.0 Å². The predicted molar refractivity (Wildman–Crippen MR) is 144 cm³/mol. The number of para-hydroxylation sites is 1. The zero-order valence-electron chi connectivity index (χ0n) is 22.2. The van der Waals surface area contributed by atoms with E-state index < -0.39 is 10.8 Å². The van der Waals surface area contributed by atoms with Gasteiger partial charge in [-0.1, -0.05) is 64.8 Å². The summed E-state index contributed by atoms with van der Waals surface area (Å²) >= 11 is 0. The number of nitro benzene ring substituents is 1. The van der Waals surface area contributed by atoms with E-state index in [1.54, 1.807) is 4.68 Å². The maximum atomic E-state index is 13.3. The van der Waals surface area contributed by atoms with Crippen LogP contribution in [0.1, 0.15) is 68.6 Å². The summed E-state index contributed by atoms with van der Waals surface area (Å²) in [7, 11) is 0. The van der Waals surface area contributed by atoms with E-state index in [-0.39, 0.29) is 29.1 Å². The van der Waals surface area contributed by atoms with Gasteiger partial charge in [-0.15, -0.1) is 0 Å². The van der Waals surface area contributed by atoms with E-state index >= 15 is 0 Å². The van der Waals surface area contributed by atoms with Crippen LogP contribution in [0.2, 0.25) is 0 Å². The quantitative estimate of drug-likeness (QED) is 0.217. The Morgan fingerprint density at radius 3 is 2.46 bits per heavy atom. The lowest BCUT2D eigenvalue weighted by Crippen LogP contribution is -2.39. The van der Waals surface area contributed by atoms with Crippen LogP contribution in [0.3, 0.4) is 0 Å². The number of non-ortho nitro benzene ring substituents is 1. The number of nitro groups is 1. The van der Waals surface area contributed by atoms with Crippen LogP contribution in [0, 0.1) is 17.0 Å². The Bertz CT molecular complexity index is 1280. The van der Waals surface area contributed by atoms with Gasteiger partial charge in [0.15, 0.2) is 0 Å². The number of aromatic nitrogens is 2. The van der Waals surface area contributed by atoms with Gasteiger partial charge in [-0.25, -0.2) is 4.68 Å². The molecule has 37 heavy (non-hydrogen) atoms. The Hall–Kier alpha value is -4.01. The molecule has 0 aliphatic carbocycles. The highest BCUT2D eigenvalue weighted by atomic mass is 16.6. The highest BCUT2D eigenvalue weighted by molar-refractivity contribution is 5.99. The summed E-state index contributed by atoms with van der Waals surface area (Å²) in [5.41, 5.74) is 2.44. The van der Waals surface area contributed by atoms with Crippen molar-refractivity contribution in [3.8, 4) is 5.69 Å². The number of rotatable bonds is 10. The van der Waals surface area contributed by atoms with Crippen molar-refractivity contribution in [2.75, 3.05) is 18.4 Å². The van der Waals surface area contributed by atoms with E-state index in [1.807, 2.05) is 37.3 Å². The third-order valence-electron chi connectivity index (χ3n) is 6.05. The Kier molecular flexibility index (Phi) is 8.81. The molecule has 0 spiro atoms. The molecule has 0 fully saturated rings. The summed E-state index contributed by atoms with van der Waals surface area (Å²) in [5, 5.41) is 18.9. The van der Waals surface area contributed by atoms with Crippen LogP contribution in [-0.2, 0) is 10.2 Å². The van der Waals surface area contributed by atoms with Crippen LogP contribution in [0.25, 0.3) is 5.69 Å². The molecule has 3 rings (SSSR count). The number of aryl methyl sites for hydroxylation is 1. The van der Waals surface area contributed by atoms with Gasteiger partial charge >= 0.3 is 0 Å². The molecule has 0 atom stereocenters. The molecule has 2 aromatic carbocycles. The third-order valence-corrected chi connectivity index (χ3v) is 6.05. The Balaban J connectivity index is 1.88. The molecule has 1 aromatic heterocycles. The van der Waals surface area contributed by atoms with E-state index in [0.29, 0.717) is 12.4 Å². The smallest absolute Gasteiger partial charge is 0.270 e. The largest absolute Gasteiger partial charge is 0.329 e. The number of nitrogens with zero attached hydrogens (tertiary/aromatic N) is 4. The molecule has 0 bridgehead atoms. The van der Waals surface area contributed by atoms with Gasteiger partial charge in [0.25, 0.3) is 11.6 Å².